The van der Waals surface area contributed by atoms with Crippen molar-refractivity contribution in [2.24, 2.45) is 0 Å². The molecule has 1 saturated heterocycles. The highest BCUT2D eigenvalue weighted by atomic mass is 19.1. The molecule has 8 nitrogen and oxygen atoms in total. The van der Waals surface area contributed by atoms with Gasteiger partial charge in [0.1, 0.15) is 35.6 Å². The van der Waals surface area contributed by atoms with Gasteiger partial charge in [-0.1, -0.05) is 12.6 Å². The van der Waals surface area contributed by atoms with E-state index < -0.39 is 11.6 Å². The van der Waals surface area contributed by atoms with Gasteiger partial charge in [-0.2, -0.15) is 0 Å². The first kappa shape index (κ1) is 27.4. The monoisotopic (exact) mass is 572 g/mol. The smallest absolute Gasteiger partial charge is 0.245 e. The number of hydrogen-bond donors (Lipinski definition) is 1. The summed E-state index contributed by atoms with van der Waals surface area (Å²) in [6.07, 6.45) is 6.07. The van der Waals surface area contributed by atoms with E-state index in [2.05, 4.69) is 21.9 Å². The Bertz CT molecular complexity index is 1650. The summed E-state index contributed by atoms with van der Waals surface area (Å²) in [5, 5.41) is 4.04. The van der Waals surface area contributed by atoms with Gasteiger partial charge in [-0.15, -0.1) is 0 Å². The van der Waals surface area contributed by atoms with Crippen LogP contribution in [0.2, 0.25) is 0 Å². The molecule has 216 valence electrons. The SMILES string of the molecule is C=CC(=O)N1CCC(Oc2cc3c(Nc4cc(-c5ccc(F)cc5F)ccc4OC4CC4)ncnc3cc2OC)CC1. The van der Waals surface area contributed by atoms with Crippen LogP contribution in [0, 0.1) is 11.6 Å². The Balaban J connectivity index is 1.33. The van der Waals surface area contributed by atoms with E-state index in [4.69, 9.17) is 14.2 Å². The number of methoxy groups -OCH3 is 1. The first-order valence-electron chi connectivity index (χ1n) is 13.9. The molecule has 10 heteroatoms. The molecule has 2 aliphatic rings. The number of nitrogens with one attached hydrogen (secondary N) is 1. The zero-order valence-electron chi connectivity index (χ0n) is 23.1. The number of piperidine rings is 1. The molecule has 2 fully saturated rings. The van der Waals surface area contributed by atoms with E-state index in [0.717, 1.165) is 18.9 Å². The van der Waals surface area contributed by atoms with Crippen LogP contribution in [0.4, 0.5) is 20.3 Å². The number of hydrogen-bond acceptors (Lipinski definition) is 7. The van der Waals surface area contributed by atoms with E-state index in [9.17, 15) is 13.6 Å². The van der Waals surface area contributed by atoms with Crippen molar-refractivity contribution in [2.45, 2.75) is 37.9 Å². The van der Waals surface area contributed by atoms with E-state index in [-0.39, 0.29) is 23.7 Å². The van der Waals surface area contributed by atoms with Crippen LogP contribution in [0.25, 0.3) is 22.0 Å². The molecule has 6 rings (SSSR count). The van der Waals surface area contributed by atoms with Crippen molar-refractivity contribution in [3.05, 3.63) is 79.1 Å². The van der Waals surface area contributed by atoms with E-state index in [1.807, 2.05) is 6.07 Å². The van der Waals surface area contributed by atoms with Crippen LogP contribution < -0.4 is 19.5 Å². The third-order valence-electron chi connectivity index (χ3n) is 7.44. The maximum absolute atomic E-state index is 14.6. The van der Waals surface area contributed by atoms with Gasteiger partial charge in [0.2, 0.25) is 5.91 Å². The Labute approximate surface area is 241 Å². The number of ether oxygens (including phenoxy) is 3. The highest BCUT2D eigenvalue weighted by Crippen LogP contribution is 2.40. The molecule has 1 saturated carbocycles. The van der Waals surface area contributed by atoms with Crippen LogP contribution in [0.15, 0.2) is 67.5 Å². The highest BCUT2D eigenvalue weighted by molar-refractivity contribution is 5.94. The van der Waals surface area contributed by atoms with E-state index >= 15 is 0 Å². The molecule has 1 aromatic heterocycles. The summed E-state index contributed by atoms with van der Waals surface area (Å²) in [4.78, 5) is 22.7. The summed E-state index contributed by atoms with van der Waals surface area (Å²) < 4.78 is 46.3. The van der Waals surface area contributed by atoms with Gasteiger partial charge >= 0.3 is 0 Å². The molecule has 1 aliphatic heterocycles. The number of rotatable bonds is 9. The quantitative estimate of drug-likeness (QED) is 0.232. The summed E-state index contributed by atoms with van der Waals surface area (Å²) in [5.74, 6) is 0.785. The Morgan fingerprint density at radius 3 is 2.43 bits per heavy atom. The van der Waals surface area contributed by atoms with Crippen LogP contribution in [0.1, 0.15) is 25.7 Å². The van der Waals surface area contributed by atoms with Crippen LogP contribution >= 0.6 is 0 Å². The molecule has 0 atom stereocenters. The minimum absolute atomic E-state index is 0.0825. The third-order valence-corrected chi connectivity index (χ3v) is 7.44. The van der Waals surface area contributed by atoms with Crippen molar-refractivity contribution in [1.82, 2.24) is 14.9 Å². The summed E-state index contributed by atoms with van der Waals surface area (Å²) in [6.45, 7) is 4.73. The fraction of sp³-hybridized carbons (Fsp3) is 0.281. The van der Waals surface area contributed by atoms with E-state index in [0.29, 0.717) is 71.2 Å². The summed E-state index contributed by atoms with van der Waals surface area (Å²) in [5.41, 5.74) is 2.05. The van der Waals surface area contributed by atoms with Crippen LogP contribution in [-0.2, 0) is 4.79 Å². The Morgan fingerprint density at radius 1 is 0.952 bits per heavy atom. The Kier molecular flexibility index (Phi) is 7.60. The topological polar surface area (TPSA) is 85.8 Å². The molecule has 1 N–H and O–H groups in total. The molecule has 1 aliphatic carbocycles. The first-order valence-corrected chi connectivity index (χ1v) is 13.9. The van der Waals surface area contributed by atoms with Crippen LogP contribution in [0.5, 0.6) is 17.2 Å². The maximum atomic E-state index is 14.6. The standard InChI is InChI=1S/C32H30F2N4O4/c1-3-31(39)38-12-10-22(11-13-38)42-30-16-24-26(17-29(30)40-2)35-18-36-32(24)37-27-14-19(4-9-28(27)41-21-6-7-21)23-8-5-20(33)15-25(23)34/h3-5,8-9,14-18,21-22H,1,6-7,10-13H2,2H3,(H,35,36,37). The van der Waals surface area contributed by atoms with Crippen LogP contribution in [0.3, 0.4) is 0 Å². The molecule has 1 amide bonds. The number of carbonyl (C=O) groups is 1. The van der Waals surface area contributed by atoms with Crippen LogP contribution in [-0.4, -0.2) is 53.2 Å². The number of nitrogens with zero attached hydrogens (tertiary/aromatic N) is 3. The number of halogens is 2. The van der Waals surface area contributed by atoms with Crippen molar-refractivity contribution in [3.63, 3.8) is 0 Å². The first-order chi connectivity index (χ1) is 20.4. The number of aromatic nitrogens is 2. The molecule has 0 spiro atoms. The third kappa shape index (κ3) is 5.83. The number of benzene rings is 3. The fourth-order valence-electron chi connectivity index (χ4n) is 5.03. The molecule has 0 unspecified atom stereocenters. The van der Waals surface area contributed by atoms with Gasteiger partial charge in [0.05, 0.1) is 24.4 Å². The van der Waals surface area contributed by atoms with E-state index in [1.54, 1.807) is 36.3 Å². The molecular weight excluding hydrogens is 542 g/mol. The summed E-state index contributed by atoms with van der Waals surface area (Å²) in [6, 6.07) is 12.4. The molecule has 42 heavy (non-hydrogen) atoms. The number of anilines is 2. The molecule has 2 heterocycles. The second-order valence-corrected chi connectivity index (χ2v) is 10.4. The second-order valence-electron chi connectivity index (χ2n) is 10.4. The highest BCUT2D eigenvalue weighted by Gasteiger charge is 2.26. The molecular formula is C32H30F2N4O4. The van der Waals surface area contributed by atoms with Gasteiger partial charge in [0, 0.05) is 49.0 Å². The minimum atomic E-state index is -0.655. The van der Waals surface area contributed by atoms with Crippen molar-refractivity contribution in [2.75, 3.05) is 25.5 Å². The summed E-state index contributed by atoms with van der Waals surface area (Å²) >= 11 is 0. The van der Waals surface area contributed by atoms with E-state index in [1.165, 1.54) is 24.5 Å². The average molecular weight is 573 g/mol. The predicted molar refractivity (Wildman–Crippen MR) is 155 cm³/mol. The van der Waals surface area contributed by atoms with Gasteiger partial charge in [-0.05, 0) is 54.8 Å². The predicted octanol–water partition coefficient (Wildman–Crippen LogP) is 6.42. The molecule has 0 radical (unpaired) electrons. The largest absolute Gasteiger partial charge is 0.493 e. The van der Waals surface area contributed by atoms with Gasteiger partial charge in [0.15, 0.2) is 11.5 Å². The maximum Gasteiger partial charge on any atom is 0.245 e. The lowest BCUT2D eigenvalue weighted by Gasteiger charge is -2.31. The number of carbonyl (C=O) groups excluding carboxylic acids is 1. The van der Waals surface area contributed by atoms with Gasteiger partial charge in [-0.25, -0.2) is 18.7 Å². The van der Waals surface area contributed by atoms with Gasteiger partial charge in [0.25, 0.3) is 0 Å². The lowest BCUT2D eigenvalue weighted by atomic mass is 10.0. The second kappa shape index (κ2) is 11.6. The Hall–Kier alpha value is -4.73. The molecule has 3 aromatic carbocycles. The number of fused-ring (bicyclic) bond motifs is 1. The zero-order chi connectivity index (χ0) is 29.2. The fourth-order valence-corrected chi connectivity index (χ4v) is 5.03. The van der Waals surface area contributed by atoms with Gasteiger partial charge < -0.3 is 24.4 Å². The lowest BCUT2D eigenvalue weighted by Crippen LogP contribution is -2.41. The minimum Gasteiger partial charge on any atom is -0.493 e. The van der Waals surface area contributed by atoms with Crippen molar-refractivity contribution in [1.29, 1.82) is 0 Å². The Morgan fingerprint density at radius 2 is 1.71 bits per heavy atom. The number of amides is 1. The summed E-state index contributed by atoms with van der Waals surface area (Å²) in [7, 11) is 1.57. The zero-order valence-corrected chi connectivity index (χ0v) is 23.1. The van der Waals surface area contributed by atoms with Gasteiger partial charge in [-0.3, -0.25) is 4.79 Å². The van der Waals surface area contributed by atoms with Crippen molar-refractivity contribution in [3.8, 4) is 28.4 Å². The molecule has 4 aromatic rings. The lowest BCUT2D eigenvalue weighted by molar-refractivity contribution is -0.127. The number of likely N-dealkylation sites (tertiary alicyclic amines) is 1. The molecule has 0 bridgehead atoms. The van der Waals surface area contributed by atoms with Crippen molar-refractivity contribution < 1.29 is 27.8 Å². The average Bonchev–Trinajstić information content (AvgIpc) is 3.82. The normalized spacial score (nSPS) is 15.4. The van der Waals surface area contributed by atoms with Crippen molar-refractivity contribution >= 4 is 28.3 Å².